The van der Waals surface area contributed by atoms with E-state index < -0.39 is 4.92 Å². The number of anilines is 2. The Morgan fingerprint density at radius 2 is 2.10 bits per heavy atom. The third-order valence-electron chi connectivity index (χ3n) is 2.85. The minimum atomic E-state index is -0.611. The van der Waals surface area contributed by atoms with Crippen LogP contribution < -0.4 is 9.64 Å². The molecule has 0 saturated heterocycles. The first-order valence-corrected chi connectivity index (χ1v) is 5.86. The van der Waals surface area contributed by atoms with E-state index in [1.165, 1.54) is 18.3 Å². The summed E-state index contributed by atoms with van der Waals surface area (Å²) in [6.45, 7) is 0. The molecular weight excluding hydrogens is 274 g/mol. The molecule has 21 heavy (non-hydrogen) atoms. The summed E-state index contributed by atoms with van der Waals surface area (Å²) in [5.74, 6) is -0.0826. The second-order valence-corrected chi connectivity index (χ2v) is 4.00. The SMILES string of the molecule is COc1ncnc(N(C)c2ccccc2C#N)c1[N+](=O)[O-]. The van der Waals surface area contributed by atoms with E-state index in [-0.39, 0.29) is 17.4 Å². The van der Waals surface area contributed by atoms with E-state index in [4.69, 9.17) is 10.00 Å². The fourth-order valence-electron chi connectivity index (χ4n) is 1.88. The van der Waals surface area contributed by atoms with Crippen molar-refractivity contribution in [2.45, 2.75) is 0 Å². The number of hydrogen-bond donors (Lipinski definition) is 0. The lowest BCUT2D eigenvalue weighted by molar-refractivity contribution is -0.385. The molecule has 2 aromatic rings. The zero-order valence-corrected chi connectivity index (χ0v) is 11.3. The first-order chi connectivity index (χ1) is 10.1. The molecule has 106 valence electrons. The molecule has 0 aliphatic carbocycles. The number of aromatic nitrogens is 2. The number of benzene rings is 1. The lowest BCUT2D eigenvalue weighted by atomic mass is 10.2. The fraction of sp³-hybridized carbons (Fsp3) is 0.154. The second kappa shape index (κ2) is 5.83. The maximum Gasteiger partial charge on any atom is 0.373 e. The maximum absolute atomic E-state index is 11.2. The molecular formula is C13H11N5O3. The third kappa shape index (κ3) is 2.57. The number of methoxy groups -OCH3 is 1. The zero-order chi connectivity index (χ0) is 15.4. The van der Waals surface area contributed by atoms with Gasteiger partial charge in [0.2, 0.25) is 5.82 Å². The molecule has 8 nitrogen and oxygen atoms in total. The molecule has 0 atom stereocenters. The molecule has 0 bridgehead atoms. The molecule has 0 amide bonds. The van der Waals surface area contributed by atoms with Gasteiger partial charge in [0.15, 0.2) is 0 Å². The Morgan fingerprint density at radius 3 is 2.71 bits per heavy atom. The van der Waals surface area contributed by atoms with Crippen molar-refractivity contribution in [2.75, 3.05) is 19.1 Å². The van der Waals surface area contributed by atoms with E-state index in [0.717, 1.165) is 0 Å². The predicted molar refractivity (Wildman–Crippen MR) is 74.5 cm³/mol. The van der Waals surface area contributed by atoms with E-state index in [9.17, 15) is 10.1 Å². The Labute approximate surface area is 120 Å². The molecule has 0 saturated carbocycles. The second-order valence-electron chi connectivity index (χ2n) is 4.00. The minimum Gasteiger partial charge on any atom is -0.476 e. The highest BCUT2D eigenvalue weighted by Crippen LogP contribution is 2.36. The minimum absolute atomic E-state index is 0.0505. The molecule has 0 unspecified atom stereocenters. The summed E-state index contributed by atoms with van der Waals surface area (Å²) in [5, 5.41) is 20.4. The van der Waals surface area contributed by atoms with Crippen LogP contribution in [-0.4, -0.2) is 29.0 Å². The lowest BCUT2D eigenvalue weighted by Crippen LogP contribution is -2.15. The molecule has 0 spiro atoms. The van der Waals surface area contributed by atoms with E-state index in [1.807, 2.05) is 6.07 Å². The molecule has 8 heteroatoms. The predicted octanol–water partition coefficient (Wildman–Crippen LogP) is 2.03. The maximum atomic E-state index is 11.2. The average Bonchev–Trinajstić information content (AvgIpc) is 2.53. The van der Waals surface area contributed by atoms with Crippen molar-refractivity contribution in [3.8, 4) is 11.9 Å². The molecule has 0 aliphatic heterocycles. The van der Waals surface area contributed by atoms with Gasteiger partial charge in [0.1, 0.15) is 12.4 Å². The van der Waals surface area contributed by atoms with Crippen molar-refractivity contribution < 1.29 is 9.66 Å². The summed E-state index contributed by atoms with van der Waals surface area (Å²) in [5.41, 5.74) is 0.533. The van der Waals surface area contributed by atoms with Gasteiger partial charge in [-0.25, -0.2) is 4.98 Å². The van der Waals surface area contributed by atoms with Gasteiger partial charge in [0.25, 0.3) is 5.88 Å². The van der Waals surface area contributed by atoms with Gasteiger partial charge >= 0.3 is 5.69 Å². The molecule has 0 N–H and O–H groups in total. The van der Waals surface area contributed by atoms with E-state index >= 15 is 0 Å². The van der Waals surface area contributed by atoms with Gasteiger partial charge < -0.3 is 9.64 Å². The van der Waals surface area contributed by atoms with Crippen molar-refractivity contribution in [1.82, 2.24) is 9.97 Å². The van der Waals surface area contributed by atoms with Crippen LogP contribution in [0, 0.1) is 21.4 Å². The number of rotatable bonds is 4. The van der Waals surface area contributed by atoms with Crippen LogP contribution in [0.2, 0.25) is 0 Å². The summed E-state index contributed by atoms with van der Waals surface area (Å²) in [7, 11) is 2.88. The summed E-state index contributed by atoms with van der Waals surface area (Å²) in [6.07, 6.45) is 1.17. The number of ether oxygens (including phenoxy) is 1. The molecule has 0 fully saturated rings. The Morgan fingerprint density at radius 1 is 1.38 bits per heavy atom. The van der Waals surface area contributed by atoms with Gasteiger partial charge in [0.05, 0.1) is 23.3 Å². The summed E-state index contributed by atoms with van der Waals surface area (Å²) in [6, 6.07) is 8.78. The summed E-state index contributed by atoms with van der Waals surface area (Å²) < 4.78 is 4.91. The standard InChI is InChI=1S/C13H11N5O3/c1-17(10-6-4-3-5-9(10)7-14)12-11(18(19)20)13(21-2)16-8-15-12/h3-6,8H,1-2H3. The number of nitro groups is 1. The number of hydrogen-bond acceptors (Lipinski definition) is 7. The van der Waals surface area contributed by atoms with Crippen LogP contribution in [0.4, 0.5) is 17.2 Å². The van der Waals surface area contributed by atoms with Crippen molar-refractivity contribution >= 4 is 17.2 Å². The van der Waals surface area contributed by atoms with E-state index in [1.54, 1.807) is 31.3 Å². The van der Waals surface area contributed by atoms with Crippen molar-refractivity contribution in [3.05, 3.63) is 46.3 Å². The first-order valence-electron chi connectivity index (χ1n) is 5.86. The van der Waals surface area contributed by atoms with Crippen LogP contribution in [0.25, 0.3) is 0 Å². The highest BCUT2D eigenvalue weighted by Gasteiger charge is 2.27. The van der Waals surface area contributed by atoms with Crippen LogP contribution in [0.5, 0.6) is 5.88 Å². The van der Waals surface area contributed by atoms with E-state index in [0.29, 0.717) is 11.3 Å². The van der Waals surface area contributed by atoms with Gasteiger partial charge in [-0.1, -0.05) is 12.1 Å². The van der Waals surface area contributed by atoms with Gasteiger partial charge in [-0.3, -0.25) is 10.1 Å². The highest BCUT2D eigenvalue weighted by molar-refractivity contribution is 5.73. The molecule has 1 aromatic carbocycles. The van der Waals surface area contributed by atoms with Crippen molar-refractivity contribution in [3.63, 3.8) is 0 Å². The fourth-order valence-corrected chi connectivity index (χ4v) is 1.88. The topological polar surface area (TPSA) is 105 Å². The Balaban J connectivity index is 2.61. The van der Waals surface area contributed by atoms with Crippen molar-refractivity contribution in [2.24, 2.45) is 0 Å². The van der Waals surface area contributed by atoms with Crippen LogP contribution >= 0.6 is 0 Å². The highest BCUT2D eigenvalue weighted by atomic mass is 16.6. The van der Waals surface area contributed by atoms with Crippen LogP contribution in [-0.2, 0) is 0 Å². The van der Waals surface area contributed by atoms with Gasteiger partial charge in [0, 0.05) is 7.05 Å². The number of nitrogens with zero attached hydrogens (tertiary/aromatic N) is 5. The average molecular weight is 285 g/mol. The zero-order valence-electron chi connectivity index (χ0n) is 11.3. The quantitative estimate of drug-likeness (QED) is 0.625. The number of para-hydroxylation sites is 1. The molecule has 1 heterocycles. The van der Waals surface area contributed by atoms with Crippen molar-refractivity contribution in [1.29, 1.82) is 5.26 Å². The number of nitriles is 1. The summed E-state index contributed by atoms with van der Waals surface area (Å²) >= 11 is 0. The smallest absolute Gasteiger partial charge is 0.373 e. The first kappa shape index (κ1) is 14.2. The molecule has 0 aliphatic rings. The van der Waals surface area contributed by atoms with E-state index in [2.05, 4.69) is 9.97 Å². The van der Waals surface area contributed by atoms with Gasteiger partial charge in [-0.05, 0) is 12.1 Å². The third-order valence-corrected chi connectivity index (χ3v) is 2.85. The van der Waals surface area contributed by atoms with Crippen LogP contribution in [0.15, 0.2) is 30.6 Å². The largest absolute Gasteiger partial charge is 0.476 e. The van der Waals surface area contributed by atoms with Gasteiger partial charge in [-0.15, -0.1) is 0 Å². The van der Waals surface area contributed by atoms with Gasteiger partial charge in [-0.2, -0.15) is 10.2 Å². The molecule has 0 radical (unpaired) electrons. The molecule has 1 aromatic heterocycles. The van der Waals surface area contributed by atoms with Crippen LogP contribution in [0.1, 0.15) is 5.56 Å². The van der Waals surface area contributed by atoms with Crippen LogP contribution in [0.3, 0.4) is 0 Å². The monoisotopic (exact) mass is 285 g/mol. The summed E-state index contributed by atoms with van der Waals surface area (Å²) in [4.78, 5) is 19.8. The Bertz CT molecular complexity index is 726. The normalized spacial score (nSPS) is 9.76. The molecule has 2 rings (SSSR count). The lowest BCUT2D eigenvalue weighted by Gasteiger charge is -2.19. The Hall–Kier alpha value is -3.21. The Kier molecular flexibility index (Phi) is 3.95.